The number of nitrogens with zero attached hydrogens (tertiary/aromatic N) is 2. The molecule has 6 nitrogen and oxygen atoms in total. The van der Waals surface area contributed by atoms with Crippen molar-refractivity contribution in [1.29, 1.82) is 0 Å². The molecule has 0 aliphatic heterocycles. The molecule has 7 heteroatoms. The number of unbranched alkanes of at least 4 members (excludes halogenated alkanes) is 1. The summed E-state index contributed by atoms with van der Waals surface area (Å²) >= 11 is 0. The molecule has 0 fully saturated rings. The van der Waals surface area contributed by atoms with Crippen LogP contribution in [0.25, 0.3) is 10.9 Å². The van der Waals surface area contributed by atoms with E-state index < -0.39 is 17.5 Å². The number of benzene rings is 2. The van der Waals surface area contributed by atoms with Gasteiger partial charge in [0.15, 0.2) is 0 Å². The van der Waals surface area contributed by atoms with E-state index in [2.05, 4.69) is 26.3 Å². The second-order valence-electron chi connectivity index (χ2n) is 8.96. The molecule has 0 bridgehead atoms. The first-order valence-corrected chi connectivity index (χ1v) is 11.6. The molecule has 1 unspecified atom stereocenters. The Balaban J connectivity index is 1.70. The zero-order chi connectivity index (χ0) is 24.6. The maximum absolute atomic E-state index is 13.3. The molecule has 2 aromatic carbocycles. The van der Waals surface area contributed by atoms with Gasteiger partial charge in [-0.05, 0) is 17.5 Å². The molecule has 4 rings (SSSR count). The molecule has 1 amide bonds. The van der Waals surface area contributed by atoms with Crippen molar-refractivity contribution in [2.45, 2.75) is 45.4 Å². The van der Waals surface area contributed by atoms with Crippen LogP contribution in [-0.4, -0.2) is 52.6 Å². The van der Waals surface area contributed by atoms with Crippen molar-refractivity contribution in [2.24, 2.45) is 0 Å². The summed E-state index contributed by atoms with van der Waals surface area (Å²) in [6.45, 7) is 6.71. The average Bonchev–Trinajstić information content (AvgIpc) is 3.07. The Morgan fingerprint density at radius 1 is 1.12 bits per heavy atom. The predicted octanol–water partition coefficient (Wildman–Crippen LogP) is 4.13. The van der Waals surface area contributed by atoms with Gasteiger partial charge in [0, 0.05) is 0 Å². The van der Waals surface area contributed by atoms with E-state index in [-0.39, 0.29) is 28.5 Å². The fraction of sp³-hybridized carbons (Fsp3) is 0.296. The number of pyridine rings is 1. The fourth-order valence-electron chi connectivity index (χ4n) is 4.31. The van der Waals surface area contributed by atoms with Crippen LogP contribution >= 0.6 is 0 Å². The Hall–Kier alpha value is -3.61. The summed E-state index contributed by atoms with van der Waals surface area (Å²) in [5.41, 5.74) is 2.47. The zero-order valence-corrected chi connectivity index (χ0v) is 19.7. The number of fused-ring (bicyclic) bond motifs is 2. The van der Waals surface area contributed by atoms with Crippen LogP contribution in [0.1, 0.15) is 87.8 Å². The van der Waals surface area contributed by atoms with Gasteiger partial charge in [-0.25, -0.2) is 0 Å². The molecule has 34 heavy (non-hydrogen) atoms. The molecular weight excluding hydrogens is 427 g/mol. The van der Waals surface area contributed by atoms with Gasteiger partial charge in [-0.15, -0.1) is 0 Å². The third-order valence-corrected chi connectivity index (χ3v) is 6.34. The molecule has 0 spiro atoms. The quantitative estimate of drug-likeness (QED) is 0.429. The van der Waals surface area contributed by atoms with E-state index in [1.165, 1.54) is 23.1 Å². The molecule has 1 N–H and O–H groups in total. The van der Waals surface area contributed by atoms with Crippen molar-refractivity contribution in [3.63, 3.8) is 0 Å². The second-order valence-corrected chi connectivity index (χ2v) is 8.96. The van der Waals surface area contributed by atoms with Crippen molar-refractivity contribution in [2.75, 3.05) is 6.54 Å². The standard InChI is InChI=1S/C27H27BN2O4/c1-4-5-10-30(14-28)27(34)17-6-8-19-20(12-17)26(33)23(25(19)32)24-22(31)13-18-11-16(15(2)3)7-9-21(18)29-24/h6-9,11-15,23,28,31H,4-5,10H2,1-3H3. The Morgan fingerprint density at radius 2 is 1.85 bits per heavy atom. The average molecular weight is 454 g/mol. The van der Waals surface area contributed by atoms with E-state index in [9.17, 15) is 19.5 Å². The molecule has 1 aliphatic carbocycles. The van der Waals surface area contributed by atoms with Gasteiger partial charge >= 0.3 is 162 Å². The number of aromatic hydroxyl groups is 1. The van der Waals surface area contributed by atoms with Gasteiger partial charge < -0.3 is 0 Å². The summed E-state index contributed by atoms with van der Waals surface area (Å²) in [4.78, 5) is 45.4. The number of hydrogen-bond donors (Lipinski definition) is 1. The number of hydrogen-bond acceptors (Lipinski definition) is 5. The van der Waals surface area contributed by atoms with E-state index in [4.69, 9.17) is 0 Å². The van der Waals surface area contributed by atoms with Crippen LogP contribution in [0.3, 0.4) is 0 Å². The number of Topliss-reactive ketones (excluding diaryl/α,β-unsaturated/α-hetero) is 2. The normalized spacial score (nSPS) is 15.1. The maximum atomic E-state index is 13.3. The van der Waals surface area contributed by atoms with Crippen LogP contribution < -0.4 is 0 Å². The molecule has 1 atom stereocenters. The van der Waals surface area contributed by atoms with Crippen LogP contribution in [-0.2, 0) is 0 Å². The van der Waals surface area contributed by atoms with E-state index in [1.54, 1.807) is 12.1 Å². The molecule has 0 saturated heterocycles. The summed E-state index contributed by atoms with van der Waals surface area (Å²) in [6, 6.07) is 11.8. The van der Waals surface area contributed by atoms with E-state index in [0.29, 0.717) is 23.5 Å². The first kappa shape index (κ1) is 23.5. The number of amides is 1. The number of rotatable bonds is 7. The molecule has 0 saturated carbocycles. The zero-order valence-electron chi connectivity index (χ0n) is 19.7. The summed E-state index contributed by atoms with van der Waals surface area (Å²) < 4.78 is 0. The number of carbonyl (C=O) groups is 3. The van der Waals surface area contributed by atoms with Crippen LogP contribution in [0.4, 0.5) is 0 Å². The topological polar surface area (TPSA) is 87.6 Å². The first-order chi connectivity index (χ1) is 16.3. The van der Waals surface area contributed by atoms with E-state index >= 15 is 0 Å². The van der Waals surface area contributed by atoms with Crippen molar-refractivity contribution in [3.8, 4) is 5.75 Å². The third-order valence-electron chi connectivity index (χ3n) is 6.34. The molecule has 1 aliphatic rings. The van der Waals surface area contributed by atoms with E-state index in [1.807, 2.05) is 25.1 Å². The first-order valence-electron chi connectivity index (χ1n) is 11.6. The minimum absolute atomic E-state index is 0.0412. The Kier molecular flexibility index (Phi) is 6.46. The van der Waals surface area contributed by atoms with Gasteiger partial charge in [-0.2, -0.15) is 0 Å². The predicted molar refractivity (Wildman–Crippen MR) is 134 cm³/mol. The summed E-state index contributed by atoms with van der Waals surface area (Å²) in [7, 11) is 3.71. The van der Waals surface area contributed by atoms with Crippen molar-refractivity contribution >= 4 is 42.0 Å². The molecule has 3 aromatic rings. The Bertz CT molecular complexity index is 1330. The van der Waals surface area contributed by atoms with Crippen LogP contribution in [0, 0.1) is 0 Å². The molecular formula is C27H27BN2O4. The summed E-state index contributed by atoms with van der Waals surface area (Å²) in [6.07, 6.45) is 3.23. The second kappa shape index (κ2) is 9.33. The van der Waals surface area contributed by atoms with Gasteiger partial charge in [-0.1, -0.05) is 19.9 Å². The van der Waals surface area contributed by atoms with Gasteiger partial charge in [0.2, 0.25) is 0 Å². The monoisotopic (exact) mass is 454 g/mol. The van der Waals surface area contributed by atoms with E-state index in [0.717, 1.165) is 23.8 Å². The number of aromatic nitrogens is 1. The minimum atomic E-state index is -1.23. The fourth-order valence-corrected chi connectivity index (χ4v) is 4.31. The van der Waals surface area contributed by atoms with Crippen molar-refractivity contribution in [1.82, 2.24) is 9.88 Å². The van der Waals surface area contributed by atoms with Crippen LogP contribution in [0.15, 0.2) is 42.5 Å². The van der Waals surface area contributed by atoms with Gasteiger partial charge in [0.25, 0.3) is 0 Å². The summed E-state index contributed by atoms with van der Waals surface area (Å²) in [5.74, 6) is -2.27. The number of ketones is 2. The van der Waals surface area contributed by atoms with Crippen molar-refractivity contribution < 1.29 is 19.5 Å². The summed E-state index contributed by atoms with van der Waals surface area (Å²) in [5, 5.41) is 11.4. The van der Waals surface area contributed by atoms with Gasteiger partial charge in [0.1, 0.15) is 0 Å². The molecule has 0 radical (unpaired) electrons. The number of carbonyl (C=O) groups excluding carboxylic acids is 3. The van der Waals surface area contributed by atoms with Gasteiger partial charge in [-0.3, -0.25) is 0 Å². The SMILES string of the molecule is B=CN(CCCC)C(=O)c1ccc2c(c1)C(=O)C(c1nc3ccc(C(C)C)cc3cc1O)C2=O. The molecule has 1 heterocycles. The van der Waals surface area contributed by atoms with Crippen LogP contribution in [0.2, 0.25) is 0 Å². The van der Waals surface area contributed by atoms with Crippen molar-refractivity contribution in [3.05, 3.63) is 70.4 Å². The van der Waals surface area contributed by atoms with Crippen LogP contribution in [0.5, 0.6) is 5.75 Å². The molecule has 1 aromatic heterocycles. The Labute approximate surface area is 199 Å². The third kappa shape index (κ3) is 4.07. The molecule has 172 valence electrons. The van der Waals surface area contributed by atoms with Gasteiger partial charge in [0.05, 0.1) is 0 Å². The Morgan fingerprint density at radius 3 is 2.53 bits per heavy atom.